The van der Waals surface area contributed by atoms with E-state index in [0.717, 1.165) is 42.1 Å². The number of aryl methyl sites for hydroxylation is 1. The number of ether oxygens (including phenoxy) is 2. The maximum atomic E-state index is 13.6. The molecule has 2 bridgehead atoms. The number of β-amino-alcohol motifs (C(OH)–C–C–N with tert-alkyl or cyclic N) is 1. The van der Waals surface area contributed by atoms with E-state index in [1.54, 1.807) is 37.3 Å². The number of rotatable bonds is 4. The van der Waals surface area contributed by atoms with Crippen molar-refractivity contribution in [3.8, 4) is 5.75 Å². The van der Waals surface area contributed by atoms with Crippen LogP contribution in [0.1, 0.15) is 60.5 Å². The van der Waals surface area contributed by atoms with E-state index in [2.05, 4.69) is 21.8 Å². The molecule has 2 heterocycles. The summed E-state index contributed by atoms with van der Waals surface area (Å²) in [4.78, 5) is 15.9. The van der Waals surface area contributed by atoms with Gasteiger partial charge in [-0.3, -0.25) is 4.79 Å². The molecule has 0 aromatic heterocycles. The van der Waals surface area contributed by atoms with E-state index in [0.29, 0.717) is 30.5 Å². The number of nitrogens with zero attached hydrogens (tertiary/aromatic N) is 2. The van der Waals surface area contributed by atoms with E-state index in [4.69, 9.17) is 21.1 Å². The van der Waals surface area contributed by atoms with Crippen molar-refractivity contribution in [2.24, 2.45) is 11.8 Å². The fourth-order valence-corrected chi connectivity index (χ4v) is 9.28. The first-order chi connectivity index (χ1) is 22.0. The molecule has 4 aliphatic rings. The number of nitrogens with one attached hydrogen (secondary N) is 1. The van der Waals surface area contributed by atoms with E-state index >= 15 is 0 Å². The third-order valence-corrected chi connectivity index (χ3v) is 12.1. The van der Waals surface area contributed by atoms with Crippen LogP contribution in [0.2, 0.25) is 5.02 Å². The number of benzene rings is 2. The van der Waals surface area contributed by atoms with Gasteiger partial charge in [-0.1, -0.05) is 29.8 Å². The predicted molar refractivity (Wildman–Crippen MR) is 177 cm³/mol. The molecule has 2 aliphatic heterocycles. The Morgan fingerprint density at radius 1 is 1.22 bits per heavy atom. The highest BCUT2D eigenvalue weighted by molar-refractivity contribution is 7.87. The monoisotopic (exact) mass is 673 g/mol. The molecule has 6 atom stereocenters. The second-order valence-corrected chi connectivity index (χ2v) is 15.5. The van der Waals surface area contributed by atoms with Crippen molar-refractivity contribution in [3.05, 3.63) is 70.3 Å². The van der Waals surface area contributed by atoms with Crippen molar-refractivity contribution in [1.29, 1.82) is 0 Å². The summed E-state index contributed by atoms with van der Waals surface area (Å²) in [5.41, 5.74) is 3.06. The Bertz CT molecular complexity index is 1590. The summed E-state index contributed by atoms with van der Waals surface area (Å²) < 4.78 is 42.2. The highest BCUT2D eigenvalue weighted by Crippen LogP contribution is 2.46. The lowest BCUT2D eigenvalue weighted by Crippen LogP contribution is -2.51. The van der Waals surface area contributed by atoms with Crippen LogP contribution in [-0.2, 0) is 26.8 Å². The molecule has 2 aromatic carbocycles. The Hall–Kier alpha value is -2.67. The third kappa shape index (κ3) is 6.68. The zero-order valence-electron chi connectivity index (χ0n) is 26.4. The van der Waals surface area contributed by atoms with Gasteiger partial charge in [0.2, 0.25) is 0 Å². The molecule has 2 aromatic rings. The lowest BCUT2D eigenvalue weighted by molar-refractivity contribution is 0.0448. The van der Waals surface area contributed by atoms with Crippen LogP contribution in [0.15, 0.2) is 48.6 Å². The number of halogens is 1. The molecule has 2 aliphatic carbocycles. The first kappa shape index (κ1) is 33.2. The molecule has 0 unspecified atom stereocenters. The van der Waals surface area contributed by atoms with Crippen LogP contribution in [-0.4, -0.2) is 87.1 Å². The van der Waals surface area contributed by atoms with Gasteiger partial charge in [-0.15, -0.1) is 0 Å². The first-order valence-corrected chi connectivity index (χ1v) is 18.0. The predicted octanol–water partition coefficient (Wildman–Crippen LogP) is 3.83. The molecule has 1 fully saturated rings. The normalized spacial score (nSPS) is 31.0. The SMILES string of the molecule is COC[C@H](O)CN1[C@@H](C)C/C=C\[C@H](O)[C@@H]2CC[C@H]2CN2C[C@@]3(CCCc4cc(Cl)ccc43)COc3ccc(cc32)C(=O)NS1(=O)=O. The lowest BCUT2D eigenvalue weighted by Gasteiger charge is -2.45. The molecule has 1 saturated carbocycles. The van der Waals surface area contributed by atoms with Crippen LogP contribution in [0, 0.1) is 11.8 Å². The van der Waals surface area contributed by atoms with Gasteiger partial charge in [0.25, 0.3) is 5.91 Å². The molecule has 1 amide bonds. The average Bonchev–Trinajstić information content (AvgIpc) is 3.14. The van der Waals surface area contributed by atoms with Gasteiger partial charge in [0, 0.05) is 48.8 Å². The molecular formula is C34H44ClN3O7S. The Morgan fingerprint density at radius 2 is 2.04 bits per heavy atom. The van der Waals surface area contributed by atoms with Crippen LogP contribution >= 0.6 is 11.6 Å². The van der Waals surface area contributed by atoms with Gasteiger partial charge < -0.3 is 24.6 Å². The summed E-state index contributed by atoms with van der Waals surface area (Å²) >= 11 is 6.40. The quantitative estimate of drug-likeness (QED) is 0.418. The Balaban J connectivity index is 1.40. The second kappa shape index (κ2) is 13.4. The lowest BCUT2D eigenvalue weighted by atomic mass is 9.68. The summed E-state index contributed by atoms with van der Waals surface area (Å²) in [5.74, 6) is 0.139. The van der Waals surface area contributed by atoms with Crippen molar-refractivity contribution >= 4 is 33.4 Å². The Morgan fingerprint density at radius 3 is 2.80 bits per heavy atom. The van der Waals surface area contributed by atoms with E-state index in [9.17, 15) is 23.4 Å². The van der Waals surface area contributed by atoms with Gasteiger partial charge in [0.1, 0.15) is 5.75 Å². The van der Waals surface area contributed by atoms with Gasteiger partial charge in [-0.05, 0) is 98.7 Å². The summed E-state index contributed by atoms with van der Waals surface area (Å²) in [6.07, 6.45) is 6.81. The molecule has 0 radical (unpaired) electrons. The third-order valence-electron chi connectivity index (χ3n) is 10.3. The zero-order valence-corrected chi connectivity index (χ0v) is 28.0. The number of aliphatic hydroxyl groups is 2. The Kier molecular flexibility index (Phi) is 9.72. The van der Waals surface area contributed by atoms with E-state index in [1.165, 1.54) is 18.2 Å². The minimum atomic E-state index is -4.37. The number of aliphatic hydroxyl groups excluding tert-OH is 2. The van der Waals surface area contributed by atoms with Crippen molar-refractivity contribution < 1.29 is 32.9 Å². The fourth-order valence-electron chi connectivity index (χ4n) is 7.69. The standard InChI is InChI=1S/C34H44ClN3O7S/c1-22-5-3-7-31(40)28-11-8-25(28)17-37-20-34(14-4-6-23-15-26(35)10-12-29(23)34)21-45-32-13-9-24(16-30(32)37)33(41)36-46(42,43)38(22)18-27(39)19-44-2/h3,7,9-10,12-13,15-16,22,25,27-28,31,39-40H,4-6,8,11,14,17-21H2,1-2H3,(H,36,41)/b7-3-/t22-,25-,27+,28+,31-,34-/m0/s1. The first-order valence-electron chi connectivity index (χ1n) is 16.2. The van der Waals surface area contributed by atoms with Crippen LogP contribution in [0.3, 0.4) is 0 Å². The number of carbonyl (C=O) groups is 1. The maximum Gasteiger partial charge on any atom is 0.304 e. The second-order valence-electron chi connectivity index (χ2n) is 13.4. The number of amides is 1. The molecule has 1 spiro atoms. The number of anilines is 1. The van der Waals surface area contributed by atoms with Crippen molar-refractivity contribution in [2.45, 2.75) is 69.1 Å². The molecule has 0 saturated heterocycles. The fraction of sp³-hybridized carbons (Fsp3) is 0.559. The summed E-state index contributed by atoms with van der Waals surface area (Å²) in [6, 6.07) is 10.6. The molecular weight excluding hydrogens is 630 g/mol. The number of hydrogen-bond donors (Lipinski definition) is 3. The zero-order chi connectivity index (χ0) is 32.6. The number of hydrogen-bond acceptors (Lipinski definition) is 8. The number of methoxy groups -OCH3 is 1. The minimum absolute atomic E-state index is 0.0512. The van der Waals surface area contributed by atoms with Crippen LogP contribution < -0.4 is 14.4 Å². The molecule has 46 heavy (non-hydrogen) atoms. The average molecular weight is 674 g/mol. The molecule has 6 rings (SSSR count). The van der Waals surface area contributed by atoms with Crippen molar-refractivity contribution in [3.63, 3.8) is 0 Å². The van der Waals surface area contributed by atoms with Gasteiger partial charge in [-0.2, -0.15) is 12.7 Å². The topological polar surface area (TPSA) is 129 Å². The van der Waals surface area contributed by atoms with Crippen molar-refractivity contribution in [1.82, 2.24) is 9.03 Å². The highest BCUT2D eigenvalue weighted by Gasteiger charge is 2.44. The molecule has 3 N–H and O–H groups in total. The van der Waals surface area contributed by atoms with E-state index in [-0.39, 0.29) is 42.4 Å². The Labute approximate surface area is 276 Å². The smallest absolute Gasteiger partial charge is 0.304 e. The van der Waals surface area contributed by atoms with Gasteiger partial charge in [-0.25, -0.2) is 4.72 Å². The largest absolute Gasteiger partial charge is 0.490 e. The van der Waals surface area contributed by atoms with Crippen LogP contribution in [0.5, 0.6) is 5.75 Å². The van der Waals surface area contributed by atoms with Gasteiger partial charge >= 0.3 is 10.2 Å². The van der Waals surface area contributed by atoms with E-state index in [1.807, 2.05) is 6.07 Å². The van der Waals surface area contributed by atoms with Crippen LogP contribution in [0.25, 0.3) is 0 Å². The van der Waals surface area contributed by atoms with Crippen LogP contribution in [0.4, 0.5) is 5.69 Å². The highest BCUT2D eigenvalue weighted by atomic mass is 35.5. The molecule has 12 heteroatoms. The summed E-state index contributed by atoms with van der Waals surface area (Å²) in [7, 11) is -2.95. The number of fused-ring (bicyclic) bond motifs is 4. The van der Waals surface area contributed by atoms with Gasteiger partial charge in [0.15, 0.2) is 0 Å². The molecule has 10 nitrogen and oxygen atoms in total. The number of carbonyl (C=O) groups excluding carboxylic acids is 1. The summed E-state index contributed by atoms with van der Waals surface area (Å²) in [6.45, 7) is 3.15. The molecule has 250 valence electrons. The maximum absolute atomic E-state index is 13.6. The van der Waals surface area contributed by atoms with Crippen molar-refractivity contribution in [2.75, 3.05) is 44.9 Å². The van der Waals surface area contributed by atoms with E-state index < -0.39 is 34.4 Å². The van der Waals surface area contributed by atoms with Gasteiger partial charge in [0.05, 0.1) is 31.1 Å². The minimum Gasteiger partial charge on any atom is -0.490 e. The summed E-state index contributed by atoms with van der Waals surface area (Å²) in [5, 5.41) is 22.4.